The molecule has 2 N–H and O–H groups in total. The molecule has 0 saturated heterocycles. The molecule has 0 atom stereocenters. The van der Waals surface area contributed by atoms with Gasteiger partial charge in [-0.3, -0.25) is 9.67 Å². The lowest BCUT2D eigenvalue weighted by atomic mass is 9.83. The molecule has 0 aromatic carbocycles. The molecule has 1 aromatic heterocycles. The van der Waals surface area contributed by atoms with E-state index in [4.69, 9.17) is 9.73 Å². The molecule has 1 heterocycles. The van der Waals surface area contributed by atoms with Gasteiger partial charge in [-0.1, -0.05) is 12.8 Å². The van der Waals surface area contributed by atoms with Gasteiger partial charge < -0.3 is 15.4 Å². The van der Waals surface area contributed by atoms with Crippen molar-refractivity contribution in [2.75, 3.05) is 32.8 Å². The molecule has 1 aliphatic rings. The zero-order chi connectivity index (χ0) is 17.8. The summed E-state index contributed by atoms with van der Waals surface area (Å²) in [5.74, 6) is 0.936. The van der Waals surface area contributed by atoms with E-state index >= 15 is 0 Å². The predicted octanol–water partition coefficient (Wildman–Crippen LogP) is 2.82. The lowest BCUT2D eigenvalue weighted by molar-refractivity contribution is 0.107. The zero-order valence-corrected chi connectivity index (χ0v) is 16.0. The van der Waals surface area contributed by atoms with Crippen LogP contribution in [-0.4, -0.2) is 48.6 Å². The van der Waals surface area contributed by atoms with Crippen LogP contribution >= 0.6 is 0 Å². The van der Waals surface area contributed by atoms with E-state index in [2.05, 4.69) is 29.6 Å². The van der Waals surface area contributed by atoms with Crippen LogP contribution in [0.2, 0.25) is 0 Å². The standard InChI is InChI=1S/C19H35N5O/c1-3-20-18(21-12-7-14-24-15-8-13-23-24)22-17-19(9-5-6-10-19)11-16-25-4-2/h8,13,15H,3-7,9-12,14,16-17H2,1-2H3,(H2,20,21,22). The third-order valence-corrected chi connectivity index (χ3v) is 4.98. The average molecular weight is 350 g/mol. The minimum Gasteiger partial charge on any atom is -0.382 e. The number of nitrogens with one attached hydrogen (secondary N) is 2. The summed E-state index contributed by atoms with van der Waals surface area (Å²) in [6.45, 7) is 9.46. The number of aryl methyl sites for hydroxylation is 1. The maximum absolute atomic E-state index is 5.60. The fourth-order valence-corrected chi connectivity index (χ4v) is 3.51. The number of aromatic nitrogens is 2. The second-order valence-corrected chi connectivity index (χ2v) is 6.90. The maximum atomic E-state index is 5.60. The Morgan fingerprint density at radius 2 is 2.12 bits per heavy atom. The third kappa shape index (κ3) is 7.06. The van der Waals surface area contributed by atoms with Gasteiger partial charge >= 0.3 is 0 Å². The summed E-state index contributed by atoms with van der Waals surface area (Å²) in [4.78, 5) is 4.90. The maximum Gasteiger partial charge on any atom is 0.191 e. The number of hydrogen-bond donors (Lipinski definition) is 2. The number of nitrogens with zero attached hydrogens (tertiary/aromatic N) is 3. The summed E-state index contributed by atoms with van der Waals surface area (Å²) in [5, 5.41) is 11.1. The van der Waals surface area contributed by atoms with Gasteiger partial charge in [0, 0.05) is 51.8 Å². The Hall–Kier alpha value is -1.56. The van der Waals surface area contributed by atoms with Gasteiger partial charge in [0.15, 0.2) is 5.96 Å². The molecular formula is C19H35N5O. The fraction of sp³-hybridized carbons (Fsp3) is 0.789. The van der Waals surface area contributed by atoms with Crippen LogP contribution in [0.5, 0.6) is 0 Å². The molecule has 0 aliphatic heterocycles. The molecule has 2 rings (SSSR count). The second-order valence-electron chi connectivity index (χ2n) is 6.90. The number of guanidine groups is 1. The Kier molecular flexibility index (Phi) is 8.80. The molecule has 6 nitrogen and oxygen atoms in total. The van der Waals surface area contributed by atoms with Gasteiger partial charge in [0.05, 0.1) is 0 Å². The lowest BCUT2D eigenvalue weighted by Gasteiger charge is -2.27. The highest BCUT2D eigenvalue weighted by Gasteiger charge is 2.33. The molecule has 6 heteroatoms. The van der Waals surface area contributed by atoms with Crippen LogP contribution in [0.3, 0.4) is 0 Å². The Labute approximate surface area is 152 Å². The largest absolute Gasteiger partial charge is 0.382 e. The van der Waals surface area contributed by atoms with E-state index in [-0.39, 0.29) is 0 Å². The molecule has 1 aliphatic carbocycles. The summed E-state index contributed by atoms with van der Waals surface area (Å²) >= 11 is 0. The summed E-state index contributed by atoms with van der Waals surface area (Å²) < 4.78 is 7.57. The van der Waals surface area contributed by atoms with Crippen molar-refractivity contribution in [3.63, 3.8) is 0 Å². The quantitative estimate of drug-likeness (QED) is 0.366. The van der Waals surface area contributed by atoms with Crippen LogP contribution in [0.1, 0.15) is 52.4 Å². The SMILES string of the molecule is CCNC(=NCC1(CCOCC)CCCC1)NCCCn1cccn1. The fourth-order valence-electron chi connectivity index (χ4n) is 3.51. The van der Waals surface area contributed by atoms with Gasteiger partial charge in [0.25, 0.3) is 0 Å². The Balaban J connectivity index is 1.79. The van der Waals surface area contributed by atoms with E-state index < -0.39 is 0 Å². The van der Waals surface area contributed by atoms with Crippen molar-refractivity contribution in [2.45, 2.75) is 58.9 Å². The summed E-state index contributed by atoms with van der Waals surface area (Å²) in [5.41, 5.74) is 0.340. The normalized spacial score (nSPS) is 17.0. The van der Waals surface area contributed by atoms with E-state index in [0.29, 0.717) is 5.41 Å². The monoisotopic (exact) mass is 349 g/mol. The molecule has 142 valence electrons. The van der Waals surface area contributed by atoms with Crippen LogP contribution < -0.4 is 10.6 Å². The highest BCUT2D eigenvalue weighted by molar-refractivity contribution is 5.79. The smallest absolute Gasteiger partial charge is 0.191 e. The molecular weight excluding hydrogens is 314 g/mol. The summed E-state index contributed by atoms with van der Waals surface area (Å²) in [7, 11) is 0. The molecule has 1 saturated carbocycles. The average Bonchev–Trinajstić information content (AvgIpc) is 3.29. The highest BCUT2D eigenvalue weighted by atomic mass is 16.5. The van der Waals surface area contributed by atoms with Crippen molar-refractivity contribution in [2.24, 2.45) is 10.4 Å². The zero-order valence-electron chi connectivity index (χ0n) is 16.0. The van der Waals surface area contributed by atoms with Crippen LogP contribution in [0.15, 0.2) is 23.5 Å². The molecule has 0 spiro atoms. The molecule has 0 radical (unpaired) electrons. The minimum absolute atomic E-state index is 0.340. The summed E-state index contributed by atoms with van der Waals surface area (Å²) in [6, 6.07) is 1.96. The van der Waals surface area contributed by atoms with Gasteiger partial charge in [0.1, 0.15) is 0 Å². The van der Waals surface area contributed by atoms with E-state index in [1.54, 1.807) is 0 Å². The van der Waals surface area contributed by atoms with Crippen molar-refractivity contribution in [3.8, 4) is 0 Å². The van der Waals surface area contributed by atoms with Gasteiger partial charge in [-0.05, 0) is 51.0 Å². The first kappa shape index (κ1) is 19.8. The summed E-state index contributed by atoms with van der Waals surface area (Å²) in [6.07, 6.45) is 11.2. The van der Waals surface area contributed by atoms with Crippen molar-refractivity contribution < 1.29 is 4.74 Å². The van der Waals surface area contributed by atoms with Crippen molar-refractivity contribution in [3.05, 3.63) is 18.5 Å². The Morgan fingerprint density at radius 1 is 1.28 bits per heavy atom. The third-order valence-electron chi connectivity index (χ3n) is 4.98. The van der Waals surface area contributed by atoms with Crippen molar-refractivity contribution in [1.29, 1.82) is 0 Å². The molecule has 0 amide bonds. The van der Waals surface area contributed by atoms with E-state index in [0.717, 1.165) is 58.2 Å². The van der Waals surface area contributed by atoms with Gasteiger partial charge in [0.2, 0.25) is 0 Å². The van der Waals surface area contributed by atoms with Crippen LogP contribution in [-0.2, 0) is 11.3 Å². The van der Waals surface area contributed by atoms with Gasteiger partial charge in [-0.2, -0.15) is 5.10 Å². The van der Waals surface area contributed by atoms with Gasteiger partial charge in [-0.15, -0.1) is 0 Å². The minimum atomic E-state index is 0.340. The van der Waals surface area contributed by atoms with Crippen molar-refractivity contribution in [1.82, 2.24) is 20.4 Å². The molecule has 0 bridgehead atoms. The molecule has 0 unspecified atom stereocenters. The van der Waals surface area contributed by atoms with Crippen LogP contribution in [0.25, 0.3) is 0 Å². The van der Waals surface area contributed by atoms with E-state index in [1.807, 2.05) is 23.1 Å². The topological polar surface area (TPSA) is 63.5 Å². The first-order valence-electron chi connectivity index (χ1n) is 9.85. The second kappa shape index (κ2) is 11.1. The first-order chi connectivity index (χ1) is 12.3. The Bertz CT molecular complexity index is 480. The number of ether oxygens (including phenoxy) is 1. The molecule has 1 fully saturated rings. The van der Waals surface area contributed by atoms with E-state index in [1.165, 1.54) is 25.7 Å². The van der Waals surface area contributed by atoms with Crippen LogP contribution in [0, 0.1) is 5.41 Å². The Morgan fingerprint density at radius 3 is 2.80 bits per heavy atom. The number of hydrogen-bond acceptors (Lipinski definition) is 3. The first-order valence-corrected chi connectivity index (χ1v) is 9.85. The van der Waals surface area contributed by atoms with Crippen molar-refractivity contribution >= 4 is 5.96 Å². The predicted molar refractivity (Wildman–Crippen MR) is 103 cm³/mol. The molecule has 25 heavy (non-hydrogen) atoms. The van der Waals surface area contributed by atoms with Crippen LogP contribution in [0.4, 0.5) is 0 Å². The van der Waals surface area contributed by atoms with E-state index in [9.17, 15) is 0 Å². The number of rotatable bonds is 11. The molecule has 1 aromatic rings. The highest BCUT2D eigenvalue weighted by Crippen LogP contribution is 2.41. The number of aliphatic imine (C=N–C) groups is 1. The lowest BCUT2D eigenvalue weighted by Crippen LogP contribution is -2.39. The van der Waals surface area contributed by atoms with Gasteiger partial charge in [-0.25, -0.2) is 0 Å².